The third-order valence-corrected chi connectivity index (χ3v) is 8.92. The van der Waals surface area contributed by atoms with Crippen LogP contribution in [0.5, 0.6) is 0 Å². The molecule has 8 atom stereocenters. The average molecular weight is 449 g/mol. The zero-order valence-electron chi connectivity index (χ0n) is 17.5. The molecule has 0 aliphatic heterocycles. The molecule has 0 aromatic carbocycles. The Morgan fingerprint density at radius 3 is 2.30 bits per heavy atom. The molecule has 0 aromatic rings. The molecule has 4 fully saturated rings. The van der Waals surface area contributed by atoms with Crippen molar-refractivity contribution in [3.05, 3.63) is 6.42 Å². The van der Waals surface area contributed by atoms with Crippen LogP contribution < -0.4 is 0 Å². The molecule has 151 valence electrons. The van der Waals surface area contributed by atoms with E-state index in [0.717, 1.165) is 25.7 Å². The van der Waals surface area contributed by atoms with Crippen molar-refractivity contribution < 1.29 is 47.4 Å². The van der Waals surface area contributed by atoms with Crippen LogP contribution in [0.15, 0.2) is 0 Å². The second kappa shape index (κ2) is 9.05. The van der Waals surface area contributed by atoms with Crippen LogP contribution in [0.1, 0.15) is 79.1 Å². The number of carbonyl (C=O) groups is 1. The van der Waals surface area contributed by atoms with Crippen molar-refractivity contribution in [2.45, 2.75) is 85.2 Å². The van der Waals surface area contributed by atoms with E-state index in [2.05, 4.69) is 27.2 Å². The van der Waals surface area contributed by atoms with Crippen molar-refractivity contribution in [1.29, 1.82) is 0 Å². The Morgan fingerprint density at radius 2 is 1.67 bits per heavy atom. The fraction of sp³-hybridized carbons (Fsp3) is 0.870. The van der Waals surface area contributed by atoms with Gasteiger partial charge in [-0.3, -0.25) is 11.1 Å². The number of fused-ring (bicyclic) bond motifs is 5. The van der Waals surface area contributed by atoms with Gasteiger partial charge < -0.3 is 16.3 Å². The van der Waals surface area contributed by atoms with Crippen LogP contribution in [0.2, 0.25) is 0 Å². The van der Waals surface area contributed by atoms with Gasteiger partial charge >= 0.3 is 0 Å². The molecule has 3 nitrogen and oxygen atoms in total. The summed E-state index contributed by atoms with van der Waals surface area (Å²) in [5, 5.41) is 10.1. The quantitative estimate of drug-likeness (QED) is 0.599. The second-order valence-electron chi connectivity index (χ2n) is 9.81. The predicted octanol–water partition coefficient (Wildman–Crippen LogP) is 4.52. The third kappa shape index (κ3) is 3.91. The first kappa shape index (κ1) is 23.7. The minimum atomic E-state index is -0.170. The smallest absolute Gasteiger partial charge is 0.136 e. The summed E-state index contributed by atoms with van der Waals surface area (Å²) in [6.45, 7) is 8.46. The van der Waals surface area contributed by atoms with Gasteiger partial charge in [0, 0.05) is 45.0 Å². The number of hydrogen-bond acceptors (Lipinski definition) is 3. The number of rotatable bonds is 1. The Bertz CT molecular complexity index is 550. The second-order valence-corrected chi connectivity index (χ2v) is 9.81. The van der Waals surface area contributed by atoms with Gasteiger partial charge in [0.15, 0.2) is 0 Å². The first-order valence-corrected chi connectivity index (χ1v) is 10.6. The SMILES string of the molecule is C[C-]=O.C[CH-][C@H]1CCC2C3C(=O)C[C@@H]4C[C@H](O)CC[C@]4(C)C3CC[C@@]21C.[Y]. The molecule has 0 bridgehead atoms. The normalized spacial score (nSPS) is 48.1. The van der Waals surface area contributed by atoms with E-state index in [1.165, 1.54) is 38.9 Å². The summed E-state index contributed by atoms with van der Waals surface area (Å²) < 4.78 is 0. The molecule has 0 aromatic heterocycles. The number of carbonyl (C=O) groups excluding carboxylic acids is 2. The van der Waals surface area contributed by atoms with Crippen molar-refractivity contribution in [1.82, 2.24) is 0 Å². The Labute approximate surface area is 190 Å². The summed E-state index contributed by atoms with van der Waals surface area (Å²) in [6, 6.07) is 0. The summed E-state index contributed by atoms with van der Waals surface area (Å²) in [7, 11) is 0. The largest absolute Gasteiger partial charge is 0.542 e. The maximum absolute atomic E-state index is 13.1. The maximum Gasteiger partial charge on any atom is 0.136 e. The predicted molar refractivity (Wildman–Crippen MR) is 103 cm³/mol. The molecule has 4 heteroatoms. The van der Waals surface area contributed by atoms with Crippen LogP contribution in [0.3, 0.4) is 0 Å². The Kier molecular flexibility index (Phi) is 7.93. The fourth-order valence-corrected chi connectivity index (χ4v) is 7.50. The minimum Gasteiger partial charge on any atom is -0.542 e. The van der Waals surface area contributed by atoms with Crippen molar-refractivity contribution in [2.75, 3.05) is 0 Å². The van der Waals surface area contributed by atoms with E-state index in [0.29, 0.717) is 46.2 Å². The molecule has 1 radical (unpaired) electrons. The molecule has 0 heterocycles. The fourth-order valence-electron chi connectivity index (χ4n) is 7.50. The Hall–Kier alpha value is 0.404. The summed E-state index contributed by atoms with van der Waals surface area (Å²) in [5.41, 5.74) is 0.663. The van der Waals surface area contributed by atoms with E-state index in [-0.39, 0.29) is 38.8 Å². The van der Waals surface area contributed by atoms with Gasteiger partial charge in [0.25, 0.3) is 0 Å². The number of aliphatic hydroxyl groups excluding tert-OH is 1. The maximum atomic E-state index is 13.1. The monoisotopic (exact) mass is 449 g/mol. The van der Waals surface area contributed by atoms with E-state index in [9.17, 15) is 9.90 Å². The minimum absolute atomic E-state index is 0. The van der Waals surface area contributed by atoms with Crippen molar-refractivity contribution in [3.63, 3.8) is 0 Å². The van der Waals surface area contributed by atoms with E-state index in [4.69, 9.17) is 4.79 Å². The van der Waals surface area contributed by atoms with Gasteiger partial charge in [-0.25, -0.2) is 0 Å². The molecule has 0 amide bonds. The summed E-state index contributed by atoms with van der Waals surface area (Å²) >= 11 is 0. The van der Waals surface area contributed by atoms with Gasteiger partial charge in [-0.15, -0.1) is 0 Å². The summed E-state index contributed by atoms with van der Waals surface area (Å²) in [6.07, 6.45) is 12.5. The molecular formula is C23H36O3Y-2. The molecule has 1 N–H and O–H groups in total. The first-order chi connectivity index (χ1) is 12.3. The zero-order chi connectivity index (χ0) is 19.1. The summed E-state index contributed by atoms with van der Waals surface area (Å²) in [5.74, 6) is 3.18. The average Bonchev–Trinajstić information content (AvgIpc) is 2.93. The van der Waals surface area contributed by atoms with Crippen molar-refractivity contribution >= 4 is 12.1 Å². The molecule has 3 unspecified atom stereocenters. The molecule has 4 rings (SSSR count). The van der Waals surface area contributed by atoms with Crippen molar-refractivity contribution in [2.24, 2.45) is 40.4 Å². The van der Waals surface area contributed by atoms with Gasteiger partial charge in [0.2, 0.25) is 0 Å². The molecule has 4 saturated carbocycles. The van der Waals surface area contributed by atoms with Crippen LogP contribution in [-0.4, -0.2) is 23.3 Å². The van der Waals surface area contributed by atoms with Crippen LogP contribution >= 0.6 is 0 Å². The molecular weight excluding hydrogens is 413 g/mol. The topological polar surface area (TPSA) is 54.4 Å². The van der Waals surface area contributed by atoms with Gasteiger partial charge in [-0.2, -0.15) is 19.8 Å². The van der Waals surface area contributed by atoms with Gasteiger partial charge in [-0.1, -0.05) is 32.1 Å². The van der Waals surface area contributed by atoms with E-state index in [1.54, 1.807) is 0 Å². The molecule has 0 spiro atoms. The van der Waals surface area contributed by atoms with E-state index < -0.39 is 0 Å². The number of aliphatic hydroxyl groups is 1. The Morgan fingerprint density at radius 1 is 1.07 bits per heavy atom. The zero-order valence-corrected chi connectivity index (χ0v) is 20.4. The number of ketones is 1. The number of hydrogen-bond donors (Lipinski definition) is 1. The van der Waals surface area contributed by atoms with Crippen LogP contribution in [0.25, 0.3) is 0 Å². The molecule has 27 heavy (non-hydrogen) atoms. The van der Waals surface area contributed by atoms with Gasteiger partial charge in [0.05, 0.1) is 6.10 Å². The Balaban J connectivity index is 0.000000614. The third-order valence-electron chi connectivity index (χ3n) is 8.92. The molecule has 0 saturated heterocycles. The molecule has 4 aliphatic carbocycles. The van der Waals surface area contributed by atoms with Crippen LogP contribution in [0.4, 0.5) is 0 Å². The number of Topliss-reactive ketones (excluding diaryl/α,β-unsaturated/α-hetero) is 1. The van der Waals surface area contributed by atoms with Crippen LogP contribution in [-0.2, 0) is 42.3 Å². The van der Waals surface area contributed by atoms with E-state index >= 15 is 0 Å². The van der Waals surface area contributed by atoms with E-state index in [1.807, 2.05) is 0 Å². The standard InChI is InChI=1S/C21H33O2.C2H3O.Y/c1-4-13-5-6-16-19-17(8-10-20(13,16)2)21(3)9-7-15(22)11-14(21)12-18(19)23;1-2-3;/h4,13-17,19,22H,5-12H2,1-3H3;1H3;/q2*-1;/t13-,14-,15+,16?,17?,19?,20+,21-;;/m0../s1. The van der Waals surface area contributed by atoms with Gasteiger partial charge in [-0.05, 0) is 55.3 Å². The van der Waals surface area contributed by atoms with Gasteiger partial charge in [0.1, 0.15) is 5.78 Å². The molecule has 4 aliphatic rings. The first-order valence-electron chi connectivity index (χ1n) is 10.6. The van der Waals surface area contributed by atoms with Crippen LogP contribution in [0, 0.1) is 46.8 Å². The van der Waals surface area contributed by atoms with Crippen molar-refractivity contribution in [3.8, 4) is 0 Å². The summed E-state index contributed by atoms with van der Waals surface area (Å²) in [4.78, 5) is 21.8.